The van der Waals surface area contributed by atoms with Crippen molar-refractivity contribution in [3.05, 3.63) is 23.3 Å². The summed E-state index contributed by atoms with van der Waals surface area (Å²) < 4.78 is 8.31. The standard InChI is InChI=1S/C17H24O2SSi/c1-7-12-9-15-14(10-16(20-15)21(4,5)6)17(13(12)8-2)19-11(3)18/h9-10H,7-8H2,1-6H3. The molecule has 4 heteroatoms. The van der Waals surface area contributed by atoms with Crippen molar-refractivity contribution in [2.45, 2.75) is 53.3 Å². The number of thiophene rings is 1. The maximum atomic E-state index is 11.5. The van der Waals surface area contributed by atoms with Crippen molar-refractivity contribution in [2.24, 2.45) is 0 Å². The van der Waals surface area contributed by atoms with E-state index in [2.05, 4.69) is 45.6 Å². The average Bonchev–Trinajstić information content (AvgIpc) is 2.81. The summed E-state index contributed by atoms with van der Waals surface area (Å²) >= 11 is 1.86. The third kappa shape index (κ3) is 3.21. The van der Waals surface area contributed by atoms with Crippen LogP contribution in [0.25, 0.3) is 10.1 Å². The molecule has 2 aromatic rings. The summed E-state index contributed by atoms with van der Waals surface area (Å²) in [5, 5.41) is 1.11. The average molecular weight is 321 g/mol. The second-order valence-corrected chi connectivity index (χ2v) is 12.9. The van der Waals surface area contributed by atoms with Crippen LogP contribution in [0.2, 0.25) is 19.6 Å². The molecule has 0 radical (unpaired) electrons. The van der Waals surface area contributed by atoms with E-state index < -0.39 is 8.07 Å². The van der Waals surface area contributed by atoms with E-state index in [-0.39, 0.29) is 5.97 Å². The van der Waals surface area contributed by atoms with Crippen molar-refractivity contribution in [2.75, 3.05) is 0 Å². The molecule has 1 aromatic heterocycles. The second-order valence-electron chi connectivity index (χ2n) is 6.42. The molecule has 0 fully saturated rings. The molecule has 0 aliphatic carbocycles. The number of ether oxygens (including phenoxy) is 1. The van der Waals surface area contributed by atoms with Gasteiger partial charge in [0.1, 0.15) is 5.75 Å². The summed E-state index contributed by atoms with van der Waals surface area (Å²) in [5.74, 6) is 0.556. The van der Waals surface area contributed by atoms with Gasteiger partial charge in [-0.15, -0.1) is 11.3 Å². The molecule has 0 unspecified atom stereocenters. The van der Waals surface area contributed by atoms with Crippen molar-refractivity contribution in [1.82, 2.24) is 0 Å². The van der Waals surface area contributed by atoms with Gasteiger partial charge in [0.2, 0.25) is 0 Å². The fourth-order valence-corrected chi connectivity index (χ4v) is 5.58. The number of benzene rings is 1. The van der Waals surface area contributed by atoms with E-state index >= 15 is 0 Å². The zero-order valence-corrected chi connectivity index (χ0v) is 15.6. The minimum Gasteiger partial charge on any atom is -0.426 e. The second kappa shape index (κ2) is 5.93. The van der Waals surface area contributed by atoms with Crippen molar-refractivity contribution in [1.29, 1.82) is 0 Å². The first kappa shape index (κ1) is 16.2. The van der Waals surface area contributed by atoms with Crippen LogP contribution in [0.3, 0.4) is 0 Å². The number of hydrogen-bond acceptors (Lipinski definition) is 3. The Hall–Kier alpha value is -1.13. The van der Waals surface area contributed by atoms with Gasteiger partial charge in [-0.3, -0.25) is 4.79 Å². The lowest BCUT2D eigenvalue weighted by molar-refractivity contribution is -0.131. The number of aryl methyl sites for hydroxylation is 1. The van der Waals surface area contributed by atoms with Crippen molar-refractivity contribution in [3.63, 3.8) is 0 Å². The Morgan fingerprint density at radius 3 is 2.33 bits per heavy atom. The molecule has 21 heavy (non-hydrogen) atoms. The van der Waals surface area contributed by atoms with E-state index in [1.54, 1.807) is 0 Å². The van der Waals surface area contributed by atoms with Gasteiger partial charge in [0, 0.05) is 17.0 Å². The lowest BCUT2D eigenvalue weighted by Crippen LogP contribution is -2.34. The molecule has 0 aliphatic heterocycles. The van der Waals surface area contributed by atoms with E-state index in [0.29, 0.717) is 0 Å². The minimum absolute atomic E-state index is 0.236. The fourth-order valence-electron chi connectivity index (χ4n) is 2.58. The molecule has 2 rings (SSSR count). The molecule has 114 valence electrons. The molecule has 1 heterocycles. The van der Waals surface area contributed by atoms with E-state index in [0.717, 1.165) is 24.0 Å². The number of carbonyl (C=O) groups excluding carboxylic acids is 1. The summed E-state index contributed by atoms with van der Waals surface area (Å²) in [5.41, 5.74) is 2.48. The monoisotopic (exact) mass is 320 g/mol. The lowest BCUT2D eigenvalue weighted by atomic mass is 10.00. The van der Waals surface area contributed by atoms with Gasteiger partial charge in [-0.25, -0.2) is 0 Å². The molecule has 0 bridgehead atoms. The molecular formula is C17H24O2SSi. The van der Waals surface area contributed by atoms with Crippen LogP contribution in [0, 0.1) is 0 Å². The van der Waals surface area contributed by atoms with E-state index in [4.69, 9.17) is 4.74 Å². The van der Waals surface area contributed by atoms with Crippen molar-refractivity contribution in [3.8, 4) is 5.75 Å². The Balaban J connectivity index is 2.78. The van der Waals surface area contributed by atoms with E-state index in [1.807, 2.05) is 11.3 Å². The fraction of sp³-hybridized carbons (Fsp3) is 0.471. The zero-order chi connectivity index (χ0) is 15.8. The maximum absolute atomic E-state index is 11.5. The van der Waals surface area contributed by atoms with Crippen LogP contribution in [0.1, 0.15) is 31.9 Å². The largest absolute Gasteiger partial charge is 0.426 e. The van der Waals surface area contributed by atoms with Gasteiger partial charge in [-0.1, -0.05) is 33.5 Å². The van der Waals surface area contributed by atoms with Gasteiger partial charge in [0.15, 0.2) is 0 Å². The molecule has 2 nitrogen and oxygen atoms in total. The SMILES string of the molecule is CCc1cc2sc([Si](C)(C)C)cc2c(OC(C)=O)c1CC. The van der Waals surface area contributed by atoms with Gasteiger partial charge in [0.25, 0.3) is 0 Å². The van der Waals surface area contributed by atoms with Crippen LogP contribution >= 0.6 is 11.3 Å². The molecular weight excluding hydrogens is 296 g/mol. The van der Waals surface area contributed by atoms with Crippen LogP contribution in [0.15, 0.2) is 12.1 Å². The summed E-state index contributed by atoms with van der Waals surface area (Å²) in [6.07, 6.45) is 1.85. The summed E-state index contributed by atoms with van der Waals surface area (Å²) in [6.45, 7) is 12.8. The van der Waals surface area contributed by atoms with Gasteiger partial charge in [0.05, 0.1) is 8.07 Å². The topological polar surface area (TPSA) is 26.3 Å². The van der Waals surface area contributed by atoms with Gasteiger partial charge >= 0.3 is 5.97 Å². The number of hydrogen-bond donors (Lipinski definition) is 0. The Kier molecular flexibility index (Phi) is 4.59. The Labute approximate surface area is 132 Å². The number of carbonyl (C=O) groups is 1. The molecule has 0 spiro atoms. The molecule has 0 saturated heterocycles. The maximum Gasteiger partial charge on any atom is 0.308 e. The third-order valence-electron chi connectivity index (χ3n) is 3.69. The summed E-state index contributed by atoms with van der Waals surface area (Å²) in [7, 11) is -1.36. The van der Waals surface area contributed by atoms with E-state index in [9.17, 15) is 4.79 Å². The van der Waals surface area contributed by atoms with Gasteiger partial charge in [-0.2, -0.15) is 0 Å². The molecule has 0 saturated carbocycles. The Morgan fingerprint density at radius 2 is 1.86 bits per heavy atom. The van der Waals surface area contributed by atoms with Crippen LogP contribution in [-0.4, -0.2) is 14.0 Å². The zero-order valence-electron chi connectivity index (χ0n) is 13.8. The number of fused-ring (bicyclic) bond motifs is 1. The first-order valence-corrected chi connectivity index (χ1v) is 11.9. The van der Waals surface area contributed by atoms with Crippen LogP contribution in [-0.2, 0) is 17.6 Å². The highest BCUT2D eigenvalue weighted by atomic mass is 32.1. The lowest BCUT2D eigenvalue weighted by Gasteiger charge is -2.13. The molecule has 0 atom stereocenters. The van der Waals surface area contributed by atoms with Gasteiger partial charge in [-0.05, 0) is 40.6 Å². The van der Waals surface area contributed by atoms with Crippen LogP contribution in [0.4, 0.5) is 0 Å². The predicted octanol–water partition coefficient (Wildman–Crippen LogP) is 4.50. The first-order chi connectivity index (χ1) is 9.77. The first-order valence-electron chi connectivity index (χ1n) is 7.55. The van der Waals surface area contributed by atoms with Crippen molar-refractivity contribution >= 4 is 40.0 Å². The Morgan fingerprint density at radius 1 is 1.19 bits per heavy atom. The molecule has 0 N–H and O–H groups in total. The minimum atomic E-state index is -1.36. The highest BCUT2D eigenvalue weighted by Gasteiger charge is 2.23. The highest BCUT2D eigenvalue weighted by Crippen LogP contribution is 2.36. The van der Waals surface area contributed by atoms with Crippen LogP contribution < -0.4 is 9.24 Å². The normalized spacial score (nSPS) is 11.9. The molecule has 1 aromatic carbocycles. The third-order valence-corrected chi connectivity index (χ3v) is 8.35. The number of rotatable bonds is 4. The van der Waals surface area contributed by atoms with Crippen LogP contribution in [0.5, 0.6) is 5.75 Å². The summed E-state index contributed by atoms with van der Waals surface area (Å²) in [4.78, 5) is 11.5. The van der Waals surface area contributed by atoms with E-state index in [1.165, 1.54) is 27.3 Å². The summed E-state index contributed by atoms with van der Waals surface area (Å²) in [6, 6.07) is 4.54. The highest BCUT2D eigenvalue weighted by molar-refractivity contribution is 7.31. The Bertz CT molecular complexity index is 680. The van der Waals surface area contributed by atoms with Gasteiger partial charge < -0.3 is 4.74 Å². The van der Waals surface area contributed by atoms with Crippen molar-refractivity contribution < 1.29 is 9.53 Å². The molecule has 0 amide bonds. The quantitative estimate of drug-likeness (QED) is 0.471. The predicted molar refractivity (Wildman–Crippen MR) is 94.9 cm³/mol. The smallest absolute Gasteiger partial charge is 0.308 e. The number of esters is 1. The molecule has 0 aliphatic rings.